The molecule has 3 heteroatoms. The van der Waals surface area contributed by atoms with E-state index in [1.807, 2.05) is 0 Å². The molecule has 0 N–H and O–H groups in total. The number of piperidine rings is 1. The highest BCUT2D eigenvalue weighted by Crippen LogP contribution is 2.46. The van der Waals surface area contributed by atoms with Crippen LogP contribution in [0.15, 0.2) is 0 Å². The maximum absolute atomic E-state index is 5.85. The average Bonchev–Trinajstić information content (AvgIpc) is 2.47. The molecule has 0 unspecified atom stereocenters. The normalized spacial score (nSPS) is 33.4. The molecule has 0 atom stereocenters. The maximum Gasteiger partial charge on any atom is 0.171 e. The predicted molar refractivity (Wildman–Crippen MR) is 59.8 cm³/mol. The Balaban J connectivity index is 2.27. The average molecular weight is 213 g/mol. The Morgan fingerprint density at radius 3 is 1.67 bits per heavy atom. The zero-order valence-corrected chi connectivity index (χ0v) is 10.6. The van der Waals surface area contributed by atoms with Crippen LogP contribution in [0.5, 0.6) is 0 Å². The molecule has 88 valence electrons. The summed E-state index contributed by atoms with van der Waals surface area (Å²) < 4.78 is 11.7. The molecule has 2 rings (SSSR count). The van der Waals surface area contributed by atoms with Crippen LogP contribution in [0.3, 0.4) is 0 Å². The lowest BCUT2D eigenvalue weighted by Gasteiger charge is -2.56. The summed E-state index contributed by atoms with van der Waals surface area (Å²) in [5.41, 5.74) is 0.262. The van der Waals surface area contributed by atoms with Crippen molar-refractivity contribution in [1.29, 1.82) is 0 Å². The predicted octanol–water partition coefficient (Wildman–Crippen LogP) is 2.01. The molecule has 3 nitrogen and oxygen atoms in total. The van der Waals surface area contributed by atoms with E-state index in [2.05, 4.69) is 39.6 Å². The van der Waals surface area contributed by atoms with E-state index < -0.39 is 0 Å². The largest absolute Gasteiger partial charge is 0.347 e. The molecule has 0 amide bonds. The zero-order valence-electron chi connectivity index (χ0n) is 10.6. The first kappa shape index (κ1) is 11.4. The number of rotatable bonds is 0. The van der Waals surface area contributed by atoms with Crippen LogP contribution < -0.4 is 0 Å². The van der Waals surface area contributed by atoms with Crippen LogP contribution in [0.2, 0.25) is 0 Å². The van der Waals surface area contributed by atoms with Gasteiger partial charge in [0.25, 0.3) is 0 Å². The number of hydrogen-bond donors (Lipinski definition) is 0. The molecule has 2 aliphatic rings. The summed E-state index contributed by atoms with van der Waals surface area (Å²) >= 11 is 0. The third-order valence-corrected chi connectivity index (χ3v) is 4.03. The van der Waals surface area contributed by atoms with Crippen LogP contribution in [0.4, 0.5) is 0 Å². The Hall–Kier alpha value is -0.120. The van der Waals surface area contributed by atoms with Gasteiger partial charge in [-0.05, 0) is 34.7 Å². The van der Waals surface area contributed by atoms with Crippen molar-refractivity contribution in [2.75, 3.05) is 20.3 Å². The lowest BCUT2D eigenvalue weighted by atomic mass is 9.76. The lowest BCUT2D eigenvalue weighted by molar-refractivity contribution is -0.234. The Labute approximate surface area is 92.7 Å². The van der Waals surface area contributed by atoms with Crippen molar-refractivity contribution in [2.45, 2.75) is 57.4 Å². The van der Waals surface area contributed by atoms with Gasteiger partial charge >= 0.3 is 0 Å². The zero-order chi connectivity index (χ0) is 11.3. The Bertz CT molecular complexity index is 234. The summed E-state index contributed by atoms with van der Waals surface area (Å²) in [6.07, 6.45) is 1.92. The fraction of sp³-hybridized carbons (Fsp3) is 1.00. The number of nitrogens with zero attached hydrogens (tertiary/aromatic N) is 1. The third kappa shape index (κ3) is 1.81. The molecule has 0 aliphatic carbocycles. The summed E-state index contributed by atoms with van der Waals surface area (Å²) in [6.45, 7) is 10.6. The Morgan fingerprint density at radius 2 is 1.27 bits per heavy atom. The van der Waals surface area contributed by atoms with Gasteiger partial charge in [0.2, 0.25) is 0 Å². The van der Waals surface area contributed by atoms with Gasteiger partial charge in [-0.1, -0.05) is 0 Å². The number of likely N-dealkylation sites (tertiary alicyclic amines) is 1. The van der Waals surface area contributed by atoms with Gasteiger partial charge in [-0.2, -0.15) is 0 Å². The molecule has 0 bridgehead atoms. The van der Waals surface area contributed by atoms with Crippen molar-refractivity contribution in [1.82, 2.24) is 4.90 Å². The fourth-order valence-electron chi connectivity index (χ4n) is 3.14. The van der Waals surface area contributed by atoms with E-state index in [-0.39, 0.29) is 16.9 Å². The summed E-state index contributed by atoms with van der Waals surface area (Å²) in [6, 6.07) is 0. The molecule has 0 saturated carbocycles. The molecule has 0 aromatic carbocycles. The van der Waals surface area contributed by atoms with Gasteiger partial charge in [0.1, 0.15) is 0 Å². The minimum Gasteiger partial charge on any atom is -0.347 e. The first-order chi connectivity index (χ1) is 6.78. The molecule has 2 saturated heterocycles. The minimum absolute atomic E-state index is 0.131. The van der Waals surface area contributed by atoms with Gasteiger partial charge in [0.15, 0.2) is 5.79 Å². The van der Waals surface area contributed by atoms with Gasteiger partial charge in [-0.15, -0.1) is 0 Å². The standard InChI is InChI=1S/C12H23NO2/c1-10(2)8-12(14-6-7-15-12)9-11(3,4)13(10)5/h6-9H2,1-5H3. The molecular weight excluding hydrogens is 190 g/mol. The Kier molecular flexibility index (Phi) is 2.42. The lowest BCUT2D eigenvalue weighted by Crippen LogP contribution is -2.64. The van der Waals surface area contributed by atoms with Crippen LogP contribution >= 0.6 is 0 Å². The molecule has 2 fully saturated rings. The number of hydrogen-bond acceptors (Lipinski definition) is 3. The van der Waals surface area contributed by atoms with Crippen molar-refractivity contribution in [3.63, 3.8) is 0 Å². The van der Waals surface area contributed by atoms with Gasteiger partial charge in [0.05, 0.1) is 13.2 Å². The molecule has 0 radical (unpaired) electrons. The molecule has 0 aromatic rings. The van der Waals surface area contributed by atoms with E-state index in [1.165, 1.54) is 0 Å². The SMILES string of the molecule is CN1C(C)(C)CC2(CC1(C)C)OCCO2. The highest BCUT2D eigenvalue weighted by atomic mass is 16.7. The van der Waals surface area contributed by atoms with E-state index in [4.69, 9.17) is 9.47 Å². The second kappa shape index (κ2) is 3.19. The monoisotopic (exact) mass is 213 g/mol. The highest BCUT2D eigenvalue weighted by Gasteiger charge is 2.53. The van der Waals surface area contributed by atoms with Crippen molar-refractivity contribution in [3.8, 4) is 0 Å². The van der Waals surface area contributed by atoms with Crippen molar-refractivity contribution in [3.05, 3.63) is 0 Å². The van der Waals surface area contributed by atoms with Crippen molar-refractivity contribution < 1.29 is 9.47 Å². The molecule has 0 aromatic heterocycles. The van der Waals surface area contributed by atoms with Crippen molar-refractivity contribution >= 4 is 0 Å². The summed E-state index contributed by atoms with van der Waals surface area (Å²) in [7, 11) is 2.20. The van der Waals surface area contributed by atoms with Crippen LogP contribution in [0.25, 0.3) is 0 Å². The molecular formula is C12H23NO2. The Morgan fingerprint density at radius 1 is 0.867 bits per heavy atom. The van der Waals surface area contributed by atoms with E-state index in [0.29, 0.717) is 0 Å². The van der Waals surface area contributed by atoms with Crippen molar-refractivity contribution in [2.24, 2.45) is 0 Å². The minimum atomic E-state index is -0.320. The van der Waals surface area contributed by atoms with E-state index in [1.54, 1.807) is 0 Å². The van der Waals surface area contributed by atoms with Crippen LogP contribution in [-0.4, -0.2) is 42.0 Å². The van der Waals surface area contributed by atoms with Gasteiger partial charge in [-0.25, -0.2) is 0 Å². The van der Waals surface area contributed by atoms with Crippen LogP contribution in [-0.2, 0) is 9.47 Å². The van der Waals surface area contributed by atoms with Crippen LogP contribution in [0, 0.1) is 0 Å². The molecule has 2 aliphatic heterocycles. The second-order valence-electron chi connectivity index (χ2n) is 6.15. The second-order valence-corrected chi connectivity index (χ2v) is 6.15. The summed E-state index contributed by atoms with van der Waals surface area (Å²) in [4.78, 5) is 2.44. The maximum atomic E-state index is 5.85. The topological polar surface area (TPSA) is 21.7 Å². The fourth-order valence-corrected chi connectivity index (χ4v) is 3.14. The van der Waals surface area contributed by atoms with Gasteiger partial charge < -0.3 is 9.47 Å². The highest BCUT2D eigenvalue weighted by molar-refractivity contribution is 5.03. The van der Waals surface area contributed by atoms with E-state index in [9.17, 15) is 0 Å². The van der Waals surface area contributed by atoms with E-state index in [0.717, 1.165) is 26.1 Å². The molecule has 2 heterocycles. The first-order valence-electron chi connectivity index (χ1n) is 5.79. The van der Waals surface area contributed by atoms with Crippen LogP contribution in [0.1, 0.15) is 40.5 Å². The van der Waals surface area contributed by atoms with Gasteiger partial charge in [0, 0.05) is 23.9 Å². The summed E-state index contributed by atoms with van der Waals surface area (Å²) in [5.74, 6) is -0.320. The first-order valence-corrected chi connectivity index (χ1v) is 5.79. The summed E-state index contributed by atoms with van der Waals surface area (Å²) in [5, 5.41) is 0. The quantitative estimate of drug-likeness (QED) is 0.614. The molecule has 1 spiro atoms. The smallest absolute Gasteiger partial charge is 0.171 e. The van der Waals surface area contributed by atoms with Gasteiger partial charge in [-0.3, -0.25) is 4.90 Å². The third-order valence-electron chi connectivity index (χ3n) is 4.03. The van der Waals surface area contributed by atoms with E-state index >= 15 is 0 Å². The number of ether oxygens (including phenoxy) is 2. The molecule has 15 heavy (non-hydrogen) atoms.